The van der Waals surface area contributed by atoms with Gasteiger partial charge in [0.05, 0.1) is 23.9 Å². The van der Waals surface area contributed by atoms with Gasteiger partial charge in [0.2, 0.25) is 5.78 Å². The number of nitrogens with two attached hydrogens (primary N) is 1. The van der Waals surface area contributed by atoms with Gasteiger partial charge in [-0.1, -0.05) is 44.2 Å². The molecular formula is C26H25N3O3. The van der Waals surface area contributed by atoms with E-state index < -0.39 is 0 Å². The summed E-state index contributed by atoms with van der Waals surface area (Å²) >= 11 is 0. The molecule has 0 atom stereocenters. The van der Waals surface area contributed by atoms with Gasteiger partial charge in [0.15, 0.2) is 0 Å². The molecule has 32 heavy (non-hydrogen) atoms. The highest BCUT2D eigenvalue weighted by Crippen LogP contribution is 2.30. The van der Waals surface area contributed by atoms with Crippen molar-refractivity contribution < 1.29 is 14.3 Å². The minimum Gasteiger partial charge on any atom is -0.497 e. The number of anilines is 2. The number of nitrogens with one attached hydrogen (secondary N) is 1. The first kappa shape index (κ1) is 21.2. The lowest BCUT2D eigenvalue weighted by Crippen LogP contribution is -2.14. The van der Waals surface area contributed by atoms with E-state index >= 15 is 0 Å². The molecular weight excluding hydrogens is 402 g/mol. The normalized spacial score (nSPS) is 11.0. The molecule has 2 aromatic heterocycles. The van der Waals surface area contributed by atoms with Crippen molar-refractivity contribution in [3.05, 3.63) is 95.3 Å². The number of carbonyl (C=O) groups excluding carboxylic acids is 2. The number of nitrogen functional groups attached to an aromatic ring is 1. The quantitative estimate of drug-likeness (QED) is 0.417. The number of aromatic nitrogens is 1. The van der Waals surface area contributed by atoms with Crippen LogP contribution >= 0.6 is 0 Å². The van der Waals surface area contributed by atoms with Gasteiger partial charge >= 0.3 is 0 Å². The lowest BCUT2D eigenvalue weighted by molar-refractivity contribution is 0.102. The van der Waals surface area contributed by atoms with Gasteiger partial charge in [-0.3, -0.25) is 9.59 Å². The second-order valence-electron chi connectivity index (χ2n) is 7.88. The lowest BCUT2D eigenvalue weighted by Gasteiger charge is -2.08. The number of hydrogen-bond donors (Lipinski definition) is 2. The number of rotatable bonds is 6. The van der Waals surface area contributed by atoms with E-state index in [-0.39, 0.29) is 28.6 Å². The number of pyridine rings is 1. The third kappa shape index (κ3) is 3.83. The molecule has 0 radical (unpaired) electrons. The Morgan fingerprint density at radius 2 is 1.66 bits per heavy atom. The van der Waals surface area contributed by atoms with E-state index in [9.17, 15) is 9.59 Å². The molecule has 0 fully saturated rings. The molecule has 0 unspecified atom stereocenters. The Morgan fingerprint density at radius 3 is 2.28 bits per heavy atom. The molecule has 0 aliphatic heterocycles. The number of methoxy groups -OCH3 is 1. The van der Waals surface area contributed by atoms with Crippen molar-refractivity contribution in [3.63, 3.8) is 0 Å². The summed E-state index contributed by atoms with van der Waals surface area (Å²) in [6.45, 7) is 4.20. The third-order valence-electron chi connectivity index (χ3n) is 5.51. The van der Waals surface area contributed by atoms with E-state index in [2.05, 4.69) is 19.2 Å². The van der Waals surface area contributed by atoms with Gasteiger partial charge in [0.1, 0.15) is 11.4 Å². The molecule has 0 aliphatic carbocycles. The molecule has 4 rings (SSSR count). The Hall–Kier alpha value is -4.06. The number of carbonyl (C=O) groups is 2. The first-order valence-electron chi connectivity index (χ1n) is 10.4. The highest BCUT2D eigenvalue weighted by atomic mass is 16.5. The number of ether oxygens (including phenoxy) is 1. The molecule has 162 valence electrons. The average Bonchev–Trinajstić information content (AvgIpc) is 3.11. The Bertz CT molecular complexity index is 1290. The summed E-state index contributed by atoms with van der Waals surface area (Å²) in [6.07, 6.45) is 1.74. The largest absolute Gasteiger partial charge is 0.497 e. The van der Waals surface area contributed by atoms with Gasteiger partial charge < -0.3 is 20.2 Å². The molecule has 6 nitrogen and oxygen atoms in total. The maximum atomic E-state index is 13.4. The van der Waals surface area contributed by atoms with Crippen molar-refractivity contribution in [2.75, 3.05) is 18.2 Å². The molecule has 3 N–H and O–H groups in total. The zero-order valence-corrected chi connectivity index (χ0v) is 18.3. The van der Waals surface area contributed by atoms with Gasteiger partial charge in [-0.2, -0.15) is 0 Å². The minimum absolute atomic E-state index is 0.153. The summed E-state index contributed by atoms with van der Waals surface area (Å²) in [7, 11) is 1.58. The van der Waals surface area contributed by atoms with Crippen LogP contribution in [0.5, 0.6) is 5.75 Å². The highest BCUT2D eigenvalue weighted by molar-refractivity contribution is 6.20. The van der Waals surface area contributed by atoms with Gasteiger partial charge in [0.25, 0.3) is 5.91 Å². The van der Waals surface area contributed by atoms with E-state index in [1.54, 1.807) is 66.2 Å². The molecule has 0 saturated carbocycles. The first-order chi connectivity index (χ1) is 15.4. The van der Waals surface area contributed by atoms with Crippen LogP contribution in [-0.4, -0.2) is 23.2 Å². The molecule has 0 aliphatic rings. The van der Waals surface area contributed by atoms with Gasteiger partial charge in [-0.25, -0.2) is 0 Å². The molecule has 4 aromatic rings. The Kier molecular flexibility index (Phi) is 5.69. The van der Waals surface area contributed by atoms with Crippen LogP contribution in [0.2, 0.25) is 0 Å². The number of nitrogens with zero attached hydrogens (tertiary/aromatic N) is 1. The summed E-state index contributed by atoms with van der Waals surface area (Å²) in [5.74, 6) is 0.438. The van der Waals surface area contributed by atoms with Crippen LogP contribution in [0.3, 0.4) is 0 Å². The zero-order valence-electron chi connectivity index (χ0n) is 18.3. The number of hydrogen-bond acceptors (Lipinski definition) is 4. The standard InChI is InChI=1S/C26H25N3O3/c1-16(2)17-7-9-18(10-8-17)25(30)24-23(27)22(21-6-4-5-15-29(21)24)26(31)28-19-11-13-20(32-3)14-12-19/h4-16H,27H2,1-3H3,(H,28,31). The fourth-order valence-electron chi connectivity index (χ4n) is 3.72. The van der Waals surface area contributed by atoms with E-state index in [1.807, 2.05) is 18.2 Å². The van der Waals surface area contributed by atoms with Crippen molar-refractivity contribution in [3.8, 4) is 5.75 Å². The van der Waals surface area contributed by atoms with Crippen LogP contribution < -0.4 is 15.8 Å². The van der Waals surface area contributed by atoms with Crippen LogP contribution in [0.25, 0.3) is 5.52 Å². The average molecular weight is 428 g/mol. The molecule has 2 heterocycles. The molecule has 0 bridgehead atoms. The monoisotopic (exact) mass is 427 g/mol. The minimum atomic E-state index is -0.384. The Balaban J connectivity index is 1.74. The Morgan fingerprint density at radius 1 is 0.969 bits per heavy atom. The van der Waals surface area contributed by atoms with Crippen LogP contribution in [0.15, 0.2) is 72.9 Å². The van der Waals surface area contributed by atoms with E-state index in [0.717, 1.165) is 5.56 Å². The SMILES string of the molecule is COc1ccc(NC(=O)c2c(N)c(C(=O)c3ccc(C(C)C)cc3)n3ccccc23)cc1. The number of amides is 1. The van der Waals surface area contributed by atoms with Crippen LogP contribution in [0.1, 0.15) is 51.7 Å². The predicted molar refractivity (Wildman–Crippen MR) is 127 cm³/mol. The second-order valence-corrected chi connectivity index (χ2v) is 7.88. The summed E-state index contributed by atoms with van der Waals surface area (Å²) in [4.78, 5) is 26.5. The van der Waals surface area contributed by atoms with Crippen LogP contribution in [0, 0.1) is 0 Å². The maximum absolute atomic E-state index is 13.4. The van der Waals surface area contributed by atoms with Crippen molar-refractivity contribution in [1.82, 2.24) is 4.40 Å². The fourth-order valence-corrected chi connectivity index (χ4v) is 3.72. The van der Waals surface area contributed by atoms with Gasteiger partial charge in [-0.15, -0.1) is 0 Å². The van der Waals surface area contributed by atoms with Crippen molar-refractivity contribution in [2.45, 2.75) is 19.8 Å². The molecule has 6 heteroatoms. The smallest absolute Gasteiger partial charge is 0.259 e. The van der Waals surface area contributed by atoms with Crippen LogP contribution in [-0.2, 0) is 0 Å². The first-order valence-corrected chi connectivity index (χ1v) is 10.4. The zero-order chi connectivity index (χ0) is 22.8. The number of benzene rings is 2. The molecule has 2 aromatic carbocycles. The van der Waals surface area contributed by atoms with E-state index in [0.29, 0.717) is 28.4 Å². The summed E-state index contributed by atoms with van der Waals surface area (Å²) in [5.41, 5.74) is 9.94. The maximum Gasteiger partial charge on any atom is 0.259 e. The number of ketones is 1. The predicted octanol–water partition coefficient (Wildman–Crippen LogP) is 5.14. The summed E-state index contributed by atoms with van der Waals surface area (Å²) in [6, 6.07) is 19.9. The highest BCUT2D eigenvalue weighted by Gasteiger charge is 2.26. The van der Waals surface area contributed by atoms with Gasteiger partial charge in [-0.05, 0) is 47.9 Å². The fraction of sp³-hybridized carbons (Fsp3) is 0.154. The summed E-state index contributed by atoms with van der Waals surface area (Å²) in [5, 5.41) is 2.86. The number of fused-ring (bicyclic) bond motifs is 1. The second kappa shape index (κ2) is 8.59. The molecule has 0 spiro atoms. The van der Waals surface area contributed by atoms with E-state index in [4.69, 9.17) is 10.5 Å². The van der Waals surface area contributed by atoms with E-state index in [1.165, 1.54) is 0 Å². The third-order valence-corrected chi connectivity index (χ3v) is 5.51. The Labute approximate surface area is 186 Å². The summed E-state index contributed by atoms with van der Waals surface area (Å²) < 4.78 is 6.83. The van der Waals surface area contributed by atoms with Crippen molar-refractivity contribution in [2.24, 2.45) is 0 Å². The van der Waals surface area contributed by atoms with Gasteiger partial charge in [0, 0.05) is 17.4 Å². The van der Waals surface area contributed by atoms with Crippen molar-refractivity contribution >= 4 is 28.6 Å². The molecule has 0 saturated heterocycles. The van der Waals surface area contributed by atoms with Crippen molar-refractivity contribution in [1.29, 1.82) is 0 Å². The lowest BCUT2D eigenvalue weighted by atomic mass is 9.99. The van der Waals surface area contributed by atoms with Crippen LogP contribution in [0.4, 0.5) is 11.4 Å². The topological polar surface area (TPSA) is 85.8 Å². The molecule has 1 amide bonds.